The summed E-state index contributed by atoms with van der Waals surface area (Å²) in [5.74, 6) is 0.464. The minimum absolute atomic E-state index is 0.464. The van der Waals surface area contributed by atoms with Crippen molar-refractivity contribution in [3.05, 3.63) is 46.8 Å². The van der Waals surface area contributed by atoms with Crippen molar-refractivity contribution in [2.75, 3.05) is 6.54 Å². The number of nitrogens with one attached hydrogen (secondary N) is 1. The molecule has 0 fully saturated rings. The summed E-state index contributed by atoms with van der Waals surface area (Å²) in [6.45, 7) is 14.0. The molecule has 21 heavy (non-hydrogen) atoms. The van der Waals surface area contributed by atoms with Gasteiger partial charge >= 0.3 is 0 Å². The van der Waals surface area contributed by atoms with E-state index in [1.807, 2.05) is 0 Å². The van der Waals surface area contributed by atoms with E-state index in [1.165, 1.54) is 16.8 Å². The van der Waals surface area contributed by atoms with Crippen LogP contribution >= 0.6 is 0 Å². The molecule has 0 aliphatic carbocycles. The molecule has 0 radical (unpaired) electrons. The van der Waals surface area contributed by atoms with Gasteiger partial charge in [-0.3, -0.25) is 0 Å². The van der Waals surface area contributed by atoms with Crippen LogP contribution in [0.3, 0.4) is 0 Å². The quantitative estimate of drug-likeness (QED) is 0.903. The summed E-state index contributed by atoms with van der Waals surface area (Å²) in [5.41, 5.74) is 6.15. The molecule has 1 unspecified atom stereocenters. The molecule has 0 aliphatic rings. The Morgan fingerprint density at radius 2 is 1.86 bits per heavy atom. The van der Waals surface area contributed by atoms with Crippen molar-refractivity contribution in [3.8, 4) is 5.69 Å². The number of rotatable bonds is 5. The number of hydrogen-bond donors (Lipinski definition) is 1. The molecule has 0 spiro atoms. The van der Waals surface area contributed by atoms with Gasteiger partial charge in [-0.05, 0) is 44.4 Å². The van der Waals surface area contributed by atoms with Gasteiger partial charge in [0.15, 0.2) is 0 Å². The molecule has 1 N–H and O–H groups in total. The summed E-state index contributed by atoms with van der Waals surface area (Å²) < 4.78 is 2.07. The summed E-state index contributed by atoms with van der Waals surface area (Å²) in [7, 11) is 0. The van der Waals surface area contributed by atoms with E-state index < -0.39 is 0 Å². The van der Waals surface area contributed by atoms with Crippen LogP contribution in [0.5, 0.6) is 0 Å². The van der Waals surface area contributed by atoms with Crippen molar-refractivity contribution >= 4 is 0 Å². The second-order valence-corrected chi connectivity index (χ2v) is 6.30. The third kappa shape index (κ3) is 3.53. The monoisotopic (exact) mass is 285 g/mol. The summed E-state index contributed by atoms with van der Waals surface area (Å²) in [5, 5.41) is 8.28. The molecule has 114 valence electrons. The molecular formula is C18H27N3. The first-order valence-corrected chi connectivity index (χ1v) is 7.76. The Morgan fingerprint density at radius 1 is 1.14 bits per heavy atom. The predicted molar refractivity (Wildman–Crippen MR) is 89.3 cm³/mol. The van der Waals surface area contributed by atoms with Crippen LogP contribution in [0.25, 0.3) is 5.69 Å². The second-order valence-electron chi connectivity index (χ2n) is 6.30. The van der Waals surface area contributed by atoms with Crippen LogP contribution in [0, 0.1) is 20.8 Å². The average Bonchev–Trinajstić information content (AvgIpc) is 2.71. The zero-order chi connectivity index (χ0) is 15.6. The molecule has 1 heterocycles. The zero-order valence-corrected chi connectivity index (χ0v) is 14.1. The van der Waals surface area contributed by atoms with E-state index in [9.17, 15) is 0 Å². The Hall–Kier alpha value is -1.61. The van der Waals surface area contributed by atoms with Crippen molar-refractivity contribution < 1.29 is 0 Å². The maximum atomic E-state index is 4.76. The molecule has 0 saturated heterocycles. The highest BCUT2D eigenvalue weighted by Crippen LogP contribution is 2.25. The first-order valence-electron chi connectivity index (χ1n) is 7.76. The third-order valence-corrected chi connectivity index (χ3v) is 3.92. The summed E-state index contributed by atoms with van der Waals surface area (Å²) in [4.78, 5) is 0. The van der Waals surface area contributed by atoms with Gasteiger partial charge in [0.05, 0.1) is 11.4 Å². The smallest absolute Gasteiger partial charge is 0.0651 e. The van der Waals surface area contributed by atoms with Crippen molar-refractivity contribution in [3.63, 3.8) is 0 Å². The lowest BCUT2D eigenvalue weighted by Crippen LogP contribution is -2.27. The number of aryl methyl sites for hydroxylation is 2. The van der Waals surface area contributed by atoms with E-state index in [1.54, 1.807) is 0 Å². The second kappa shape index (κ2) is 6.44. The lowest BCUT2D eigenvalue weighted by Gasteiger charge is -2.16. The Bertz CT molecular complexity index is 611. The molecule has 2 rings (SSSR count). The number of nitrogens with zero attached hydrogens (tertiary/aromatic N) is 2. The van der Waals surface area contributed by atoms with Crippen molar-refractivity contribution in [1.82, 2.24) is 15.1 Å². The van der Waals surface area contributed by atoms with Crippen molar-refractivity contribution in [2.45, 2.75) is 53.5 Å². The fourth-order valence-electron chi connectivity index (χ4n) is 2.89. The van der Waals surface area contributed by atoms with Gasteiger partial charge in [0, 0.05) is 23.8 Å². The molecule has 3 heteroatoms. The largest absolute Gasteiger partial charge is 0.314 e. The molecule has 0 amide bonds. The Kier molecular flexibility index (Phi) is 4.84. The SMILES string of the molecule is Cc1cccc(-n2nc(C)c(C(C)CNC(C)C)c2C)c1. The average molecular weight is 285 g/mol. The van der Waals surface area contributed by atoms with Crippen molar-refractivity contribution in [2.24, 2.45) is 0 Å². The van der Waals surface area contributed by atoms with Crippen LogP contribution in [0.15, 0.2) is 24.3 Å². The molecule has 0 bridgehead atoms. The van der Waals surface area contributed by atoms with Gasteiger partial charge in [0.25, 0.3) is 0 Å². The highest BCUT2D eigenvalue weighted by molar-refractivity contribution is 5.40. The van der Waals surface area contributed by atoms with Gasteiger partial charge in [-0.1, -0.05) is 32.9 Å². The molecule has 1 aromatic heterocycles. The third-order valence-electron chi connectivity index (χ3n) is 3.92. The van der Waals surface area contributed by atoms with E-state index in [4.69, 9.17) is 5.10 Å². The van der Waals surface area contributed by atoms with Crippen LogP contribution in [-0.2, 0) is 0 Å². The summed E-state index contributed by atoms with van der Waals surface area (Å²) >= 11 is 0. The molecule has 2 aromatic rings. The lowest BCUT2D eigenvalue weighted by atomic mass is 9.99. The number of aromatic nitrogens is 2. The minimum atomic E-state index is 0.464. The highest BCUT2D eigenvalue weighted by atomic mass is 15.3. The zero-order valence-electron chi connectivity index (χ0n) is 14.1. The maximum absolute atomic E-state index is 4.76. The maximum Gasteiger partial charge on any atom is 0.0651 e. The number of hydrogen-bond acceptors (Lipinski definition) is 2. The summed E-state index contributed by atoms with van der Waals surface area (Å²) in [6.07, 6.45) is 0. The van der Waals surface area contributed by atoms with Gasteiger partial charge in [0.2, 0.25) is 0 Å². The van der Waals surface area contributed by atoms with Gasteiger partial charge in [-0.25, -0.2) is 4.68 Å². The first kappa shape index (κ1) is 15.8. The Balaban J connectivity index is 2.33. The molecular weight excluding hydrogens is 258 g/mol. The highest BCUT2D eigenvalue weighted by Gasteiger charge is 2.18. The van der Waals surface area contributed by atoms with E-state index in [0.717, 1.165) is 17.9 Å². The molecule has 0 aliphatic heterocycles. The van der Waals surface area contributed by atoms with Crippen LogP contribution < -0.4 is 5.32 Å². The summed E-state index contributed by atoms with van der Waals surface area (Å²) in [6, 6.07) is 9.02. The van der Waals surface area contributed by atoms with Crippen LogP contribution in [0.2, 0.25) is 0 Å². The fraction of sp³-hybridized carbons (Fsp3) is 0.500. The predicted octanol–water partition coefficient (Wildman–Crippen LogP) is 3.90. The molecule has 3 nitrogen and oxygen atoms in total. The fourth-order valence-corrected chi connectivity index (χ4v) is 2.89. The van der Waals surface area contributed by atoms with Crippen LogP contribution in [0.4, 0.5) is 0 Å². The van der Waals surface area contributed by atoms with E-state index in [2.05, 4.69) is 75.8 Å². The van der Waals surface area contributed by atoms with Crippen molar-refractivity contribution in [1.29, 1.82) is 0 Å². The normalized spacial score (nSPS) is 12.9. The van der Waals surface area contributed by atoms with Gasteiger partial charge in [-0.15, -0.1) is 0 Å². The Morgan fingerprint density at radius 3 is 2.48 bits per heavy atom. The van der Waals surface area contributed by atoms with E-state index in [0.29, 0.717) is 12.0 Å². The first-order chi connectivity index (χ1) is 9.90. The van der Waals surface area contributed by atoms with Crippen LogP contribution in [-0.4, -0.2) is 22.4 Å². The molecule has 1 aromatic carbocycles. The number of benzene rings is 1. The molecule has 0 saturated carbocycles. The van der Waals surface area contributed by atoms with Gasteiger partial charge in [-0.2, -0.15) is 5.10 Å². The van der Waals surface area contributed by atoms with Crippen LogP contribution in [0.1, 0.15) is 49.2 Å². The molecule has 1 atom stereocenters. The Labute approximate surface area is 128 Å². The minimum Gasteiger partial charge on any atom is -0.314 e. The van der Waals surface area contributed by atoms with Gasteiger partial charge < -0.3 is 5.32 Å². The lowest BCUT2D eigenvalue weighted by molar-refractivity contribution is 0.546. The standard InChI is InChI=1S/C18H27N3/c1-12(2)19-11-14(4)18-15(5)20-21(16(18)6)17-9-7-8-13(3)10-17/h7-10,12,14,19H,11H2,1-6H3. The van der Waals surface area contributed by atoms with E-state index >= 15 is 0 Å². The van der Waals surface area contributed by atoms with Gasteiger partial charge in [0.1, 0.15) is 0 Å². The van der Waals surface area contributed by atoms with E-state index in [-0.39, 0.29) is 0 Å². The topological polar surface area (TPSA) is 29.9 Å².